The van der Waals surface area contributed by atoms with Crippen molar-refractivity contribution < 1.29 is 9.53 Å². The van der Waals surface area contributed by atoms with Crippen molar-refractivity contribution in [2.75, 3.05) is 18.8 Å². The lowest BCUT2D eigenvalue weighted by molar-refractivity contribution is 0.0909. The fraction of sp³-hybridized carbons (Fsp3) is 0.417. The fourth-order valence-electron chi connectivity index (χ4n) is 4.65. The van der Waals surface area contributed by atoms with Gasteiger partial charge in [0.05, 0.1) is 11.4 Å². The summed E-state index contributed by atoms with van der Waals surface area (Å²) >= 11 is 0. The number of likely N-dealkylation sites (tertiary alicyclic amines) is 1. The van der Waals surface area contributed by atoms with Crippen LogP contribution in [-0.2, 0) is 12.0 Å². The predicted octanol–water partition coefficient (Wildman–Crippen LogP) is 3.14. The predicted molar refractivity (Wildman–Crippen MR) is 125 cm³/mol. The first-order valence-corrected chi connectivity index (χ1v) is 11.3. The van der Waals surface area contributed by atoms with Crippen molar-refractivity contribution >= 4 is 11.8 Å². The first kappa shape index (κ1) is 21.2. The van der Waals surface area contributed by atoms with Gasteiger partial charge in [-0.1, -0.05) is 6.07 Å². The Labute approximate surface area is 193 Å². The van der Waals surface area contributed by atoms with Crippen molar-refractivity contribution in [1.82, 2.24) is 30.0 Å². The van der Waals surface area contributed by atoms with Gasteiger partial charge in [0.15, 0.2) is 11.6 Å². The van der Waals surface area contributed by atoms with E-state index in [0.29, 0.717) is 24.7 Å². The van der Waals surface area contributed by atoms with Crippen molar-refractivity contribution in [2.24, 2.45) is 0 Å². The second kappa shape index (κ2) is 8.06. The number of aromatic nitrogens is 4. The van der Waals surface area contributed by atoms with Crippen LogP contribution in [0, 0.1) is 0 Å². The summed E-state index contributed by atoms with van der Waals surface area (Å²) in [6, 6.07) is 9.84. The molecule has 0 radical (unpaired) electrons. The number of anilines is 1. The van der Waals surface area contributed by atoms with Gasteiger partial charge in [0.25, 0.3) is 0 Å². The molecule has 0 aliphatic carbocycles. The Bertz CT molecular complexity index is 1170. The lowest BCUT2D eigenvalue weighted by atomic mass is 9.76. The van der Waals surface area contributed by atoms with Crippen molar-refractivity contribution in [2.45, 2.75) is 51.3 Å². The summed E-state index contributed by atoms with van der Waals surface area (Å²) in [7, 11) is 0. The molecular formula is C24H29N7O2. The zero-order valence-corrected chi connectivity index (χ0v) is 19.2. The fourth-order valence-corrected chi connectivity index (χ4v) is 4.65. The number of hydrogen-bond acceptors (Lipinski definition) is 6. The number of nitrogens with zero attached hydrogens (tertiary/aromatic N) is 5. The SMILES string of the molecule is CC(C)NC(=O)N1CC2(CCn3nc(-c4cnc(N)c(OC(C)c5ccccn5)c4)cc32)C1. The highest BCUT2D eigenvalue weighted by molar-refractivity contribution is 5.76. The van der Waals surface area contributed by atoms with Gasteiger partial charge >= 0.3 is 6.03 Å². The zero-order chi connectivity index (χ0) is 23.2. The second-order valence-corrected chi connectivity index (χ2v) is 9.25. The normalized spacial score (nSPS) is 17.0. The van der Waals surface area contributed by atoms with Crippen LogP contribution in [0.15, 0.2) is 42.7 Å². The molecule has 1 unspecified atom stereocenters. The van der Waals surface area contributed by atoms with E-state index in [0.717, 1.165) is 29.9 Å². The Morgan fingerprint density at radius 2 is 2.03 bits per heavy atom. The van der Waals surface area contributed by atoms with E-state index in [1.54, 1.807) is 12.4 Å². The molecule has 1 spiro atoms. The number of pyridine rings is 2. The number of hydrogen-bond donors (Lipinski definition) is 2. The van der Waals surface area contributed by atoms with Crippen LogP contribution in [0.25, 0.3) is 11.3 Å². The maximum absolute atomic E-state index is 12.3. The molecule has 3 aromatic heterocycles. The summed E-state index contributed by atoms with van der Waals surface area (Å²) in [5.74, 6) is 0.837. The largest absolute Gasteiger partial charge is 0.481 e. The summed E-state index contributed by atoms with van der Waals surface area (Å²) in [5.41, 5.74) is 9.74. The van der Waals surface area contributed by atoms with E-state index in [1.807, 2.05) is 49.9 Å². The molecule has 172 valence electrons. The van der Waals surface area contributed by atoms with Crippen LogP contribution in [0.1, 0.15) is 44.7 Å². The third-order valence-electron chi connectivity index (χ3n) is 6.40. The number of carbonyl (C=O) groups is 1. The first-order chi connectivity index (χ1) is 15.8. The minimum absolute atomic E-state index is 0.000338. The summed E-state index contributed by atoms with van der Waals surface area (Å²) < 4.78 is 8.14. The number of urea groups is 1. The Kier molecular flexibility index (Phi) is 5.19. The maximum atomic E-state index is 12.3. The molecule has 9 heteroatoms. The quantitative estimate of drug-likeness (QED) is 0.622. The van der Waals surface area contributed by atoms with Gasteiger partial charge in [-0.05, 0) is 51.5 Å². The number of nitrogen functional groups attached to an aromatic ring is 1. The summed E-state index contributed by atoms with van der Waals surface area (Å²) in [4.78, 5) is 22.9. The zero-order valence-electron chi connectivity index (χ0n) is 19.2. The number of nitrogens with two attached hydrogens (primary N) is 1. The van der Waals surface area contributed by atoms with E-state index in [4.69, 9.17) is 15.6 Å². The summed E-state index contributed by atoms with van der Waals surface area (Å²) in [6.07, 6.45) is 4.20. The highest BCUT2D eigenvalue weighted by Gasteiger charge is 2.51. The van der Waals surface area contributed by atoms with E-state index in [2.05, 4.69) is 26.0 Å². The van der Waals surface area contributed by atoms with E-state index < -0.39 is 0 Å². The molecule has 1 atom stereocenters. The number of aryl methyl sites for hydroxylation is 1. The number of nitrogens with one attached hydrogen (secondary N) is 1. The Morgan fingerprint density at radius 3 is 2.76 bits per heavy atom. The number of fused-ring (bicyclic) bond motifs is 2. The highest BCUT2D eigenvalue weighted by Crippen LogP contribution is 2.44. The average Bonchev–Trinajstić information content (AvgIpc) is 3.33. The van der Waals surface area contributed by atoms with Crippen LogP contribution < -0.4 is 15.8 Å². The lowest BCUT2D eigenvalue weighted by Crippen LogP contribution is -2.63. The molecule has 3 N–H and O–H groups in total. The Balaban J connectivity index is 1.34. The molecule has 2 amide bonds. The molecule has 3 aromatic rings. The lowest BCUT2D eigenvalue weighted by Gasteiger charge is -2.47. The Hall–Kier alpha value is -3.62. The molecule has 0 bridgehead atoms. The van der Waals surface area contributed by atoms with Crippen LogP contribution >= 0.6 is 0 Å². The van der Waals surface area contributed by atoms with Gasteiger partial charge in [0, 0.05) is 54.7 Å². The van der Waals surface area contributed by atoms with Crippen LogP contribution in [0.3, 0.4) is 0 Å². The molecule has 1 saturated heterocycles. The second-order valence-electron chi connectivity index (χ2n) is 9.25. The molecule has 0 saturated carbocycles. The smallest absolute Gasteiger partial charge is 0.317 e. The standard InChI is InChI=1S/C24H29N7O2/c1-15(2)28-23(32)30-13-24(14-30)7-9-31-21(24)11-19(29-31)17-10-20(22(25)27-12-17)33-16(3)18-6-4-5-8-26-18/h4-6,8,10-12,15-16H,7,9,13-14H2,1-3H3,(H2,25,27)(H,28,32). The van der Waals surface area contributed by atoms with Crippen molar-refractivity contribution in [1.29, 1.82) is 0 Å². The first-order valence-electron chi connectivity index (χ1n) is 11.3. The Morgan fingerprint density at radius 1 is 1.21 bits per heavy atom. The summed E-state index contributed by atoms with van der Waals surface area (Å²) in [6.45, 7) is 8.15. The molecule has 33 heavy (non-hydrogen) atoms. The van der Waals surface area contributed by atoms with Gasteiger partial charge in [-0.3, -0.25) is 9.67 Å². The van der Waals surface area contributed by atoms with Gasteiger partial charge in [-0.25, -0.2) is 9.78 Å². The number of amides is 2. The molecule has 2 aliphatic heterocycles. The molecule has 2 aliphatic rings. The monoisotopic (exact) mass is 447 g/mol. The van der Waals surface area contributed by atoms with Gasteiger partial charge < -0.3 is 20.7 Å². The van der Waals surface area contributed by atoms with Crippen LogP contribution in [0.5, 0.6) is 5.75 Å². The molecule has 5 heterocycles. The van der Waals surface area contributed by atoms with E-state index in [-0.39, 0.29) is 23.6 Å². The average molecular weight is 448 g/mol. The van der Waals surface area contributed by atoms with E-state index in [1.165, 1.54) is 5.69 Å². The highest BCUT2D eigenvalue weighted by atomic mass is 16.5. The maximum Gasteiger partial charge on any atom is 0.317 e. The number of rotatable bonds is 5. The van der Waals surface area contributed by atoms with Crippen molar-refractivity contribution in [3.63, 3.8) is 0 Å². The topological polar surface area (TPSA) is 111 Å². The van der Waals surface area contributed by atoms with E-state index >= 15 is 0 Å². The minimum atomic E-state index is -0.265. The third kappa shape index (κ3) is 3.88. The van der Waals surface area contributed by atoms with Gasteiger partial charge in [-0.2, -0.15) is 5.10 Å². The number of ether oxygens (including phenoxy) is 1. The van der Waals surface area contributed by atoms with E-state index in [9.17, 15) is 4.79 Å². The molecule has 9 nitrogen and oxygen atoms in total. The molecule has 5 rings (SSSR count). The number of carbonyl (C=O) groups excluding carboxylic acids is 1. The molecule has 0 aromatic carbocycles. The molecular weight excluding hydrogens is 418 g/mol. The van der Waals surface area contributed by atoms with Crippen LogP contribution in [-0.4, -0.2) is 49.8 Å². The third-order valence-corrected chi connectivity index (χ3v) is 6.40. The van der Waals surface area contributed by atoms with Gasteiger partial charge in [0.2, 0.25) is 0 Å². The van der Waals surface area contributed by atoms with Crippen LogP contribution in [0.4, 0.5) is 10.6 Å². The summed E-state index contributed by atoms with van der Waals surface area (Å²) in [5, 5.41) is 7.78. The van der Waals surface area contributed by atoms with Crippen molar-refractivity contribution in [3.05, 3.63) is 54.1 Å². The molecule has 1 fully saturated rings. The minimum Gasteiger partial charge on any atom is -0.481 e. The van der Waals surface area contributed by atoms with Crippen LogP contribution in [0.2, 0.25) is 0 Å². The van der Waals surface area contributed by atoms with Crippen molar-refractivity contribution in [3.8, 4) is 17.0 Å². The van der Waals surface area contributed by atoms with Gasteiger partial charge in [0.1, 0.15) is 6.10 Å². The van der Waals surface area contributed by atoms with Gasteiger partial charge in [-0.15, -0.1) is 0 Å².